The quantitative estimate of drug-likeness (QED) is 0.197. The molecule has 4 rings (SSSR count). The average molecular weight is 522 g/mol. The normalized spacial score (nSPS) is 11.8. The molecule has 0 aliphatic heterocycles. The summed E-state index contributed by atoms with van der Waals surface area (Å²) in [6.45, 7) is 10.7. The maximum atomic E-state index is 9.86. The van der Waals surface area contributed by atoms with Crippen molar-refractivity contribution >= 4 is 28.1 Å². The lowest BCUT2D eigenvalue weighted by molar-refractivity contribution is 0.731. The Kier molecular flexibility index (Phi) is 8.68. The van der Waals surface area contributed by atoms with Gasteiger partial charge in [0.2, 0.25) is 0 Å². The minimum Gasteiger partial charge on any atom is -0.349 e. The first-order chi connectivity index (χ1) is 18.5. The smallest absolute Gasteiger partial charge is 0.195 e. The molecular formula is C30H31N7S. The maximum Gasteiger partial charge on any atom is 0.195 e. The monoisotopic (exact) mass is 521 g/mol. The summed E-state index contributed by atoms with van der Waals surface area (Å²) in [5, 5.41) is 29.5. The molecule has 0 aliphatic carbocycles. The highest BCUT2D eigenvalue weighted by molar-refractivity contribution is 7.19. The van der Waals surface area contributed by atoms with Crippen molar-refractivity contribution in [1.82, 2.24) is 9.55 Å². The predicted molar refractivity (Wildman–Crippen MR) is 153 cm³/mol. The number of hydrogen-bond donors (Lipinski definition) is 0. The number of azo groups is 1. The summed E-state index contributed by atoms with van der Waals surface area (Å²) >= 11 is 1.58. The summed E-state index contributed by atoms with van der Waals surface area (Å²) in [6.07, 6.45) is 1.07. The van der Waals surface area contributed by atoms with Crippen LogP contribution >= 0.6 is 11.3 Å². The van der Waals surface area contributed by atoms with Crippen molar-refractivity contribution in [3.63, 3.8) is 0 Å². The zero-order valence-corrected chi connectivity index (χ0v) is 23.0. The molecule has 7 nitrogen and oxygen atoms in total. The van der Waals surface area contributed by atoms with Crippen LogP contribution in [0, 0.1) is 22.7 Å². The molecule has 2 heterocycles. The van der Waals surface area contributed by atoms with E-state index in [2.05, 4.69) is 79.2 Å². The Hall–Kier alpha value is -4.27. The van der Waals surface area contributed by atoms with Gasteiger partial charge in [0.15, 0.2) is 16.8 Å². The fourth-order valence-electron chi connectivity index (χ4n) is 4.23. The van der Waals surface area contributed by atoms with Gasteiger partial charge in [0, 0.05) is 19.2 Å². The molecular weight excluding hydrogens is 490 g/mol. The number of nitriles is 2. The van der Waals surface area contributed by atoms with Crippen molar-refractivity contribution in [2.24, 2.45) is 10.2 Å². The van der Waals surface area contributed by atoms with Crippen LogP contribution in [0.25, 0.3) is 10.4 Å². The second kappa shape index (κ2) is 12.3. The third kappa shape index (κ3) is 5.66. The van der Waals surface area contributed by atoms with E-state index in [4.69, 9.17) is 4.98 Å². The minimum atomic E-state index is 0.276. The summed E-state index contributed by atoms with van der Waals surface area (Å²) in [6, 6.07) is 24.3. The molecule has 0 spiro atoms. The number of rotatable bonds is 10. The van der Waals surface area contributed by atoms with Crippen LogP contribution in [-0.2, 0) is 6.54 Å². The first-order valence-electron chi connectivity index (χ1n) is 12.9. The van der Waals surface area contributed by atoms with Crippen LogP contribution < -0.4 is 4.90 Å². The fourth-order valence-corrected chi connectivity index (χ4v) is 5.36. The molecule has 0 N–H and O–H groups in total. The van der Waals surface area contributed by atoms with E-state index in [-0.39, 0.29) is 11.3 Å². The first kappa shape index (κ1) is 26.8. The molecule has 0 bridgehead atoms. The Morgan fingerprint density at radius 3 is 2.29 bits per heavy atom. The van der Waals surface area contributed by atoms with E-state index in [1.165, 1.54) is 5.56 Å². The van der Waals surface area contributed by atoms with Crippen molar-refractivity contribution in [1.29, 1.82) is 10.5 Å². The van der Waals surface area contributed by atoms with E-state index in [1.54, 1.807) is 22.0 Å². The SMILES string of the molecule is CCC(C)c1ccc(Cn2c(N=Nc3nc(N(CC)CC)sc3-c3ccccc3)cc(C#N)c2C#N)cc1. The molecule has 1 atom stereocenters. The third-order valence-corrected chi connectivity index (χ3v) is 7.87. The van der Waals surface area contributed by atoms with E-state index in [1.807, 2.05) is 30.3 Å². The Morgan fingerprint density at radius 1 is 0.974 bits per heavy atom. The highest BCUT2D eigenvalue weighted by Crippen LogP contribution is 2.40. The maximum absolute atomic E-state index is 9.86. The molecule has 38 heavy (non-hydrogen) atoms. The van der Waals surface area contributed by atoms with Gasteiger partial charge in [-0.25, -0.2) is 0 Å². The lowest BCUT2D eigenvalue weighted by Gasteiger charge is -2.16. The standard InChI is InChI=1S/C30H31N7S/c1-5-21(4)23-15-13-22(14-16-23)20-37-26(19-32)25(18-31)17-27(37)34-35-29-28(24-11-9-8-10-12-24)38-30(33-29)36(6-2)7-3/h8-17,21H,5-7,20H2,1-4H3. The summed E-state index contributed by atoms with van der Waals surface area (Å²) in [5.74, 6) is 1.45. The van der Waals surface area contributed by atoms with Crippen LogP contribution in [0.2, 0.25) is 0 Å². The molecule has 0 aliphatic rings. The highest BCUT2D eigenvalue weighted by atomic mass is 32.1. The van der Waals surface area contributed by atoms with E-state index >= 15 is 0 Å². The van der Waals surface area contributed by atoms with Crippen LogP contribution in [0.15, 0.2) is 70.9 Å². The Labute approximate surface area is 228 Å². The molecule has 0 radical (unpaired) electrons. The molecule has 0 saturated carbocycles. The van der Waals surface area contributed by atoms with Gasteiger partial charge in [-0.05, 0) is 42.9 Å². The third-order valence-electron chi connectivity index (χ3n) is 6.72. The van der Waals surface area contributed by atoms with Gasteiger partial charge in [-0.15, -0.1) is 10.2 Å². The molecule has 0 fully saturated rings. The van der Waals surface area contributed by atoms with Crippen molar-refractivity contribution in [3.05, 3.63) is 83.0 Å². The summed E-state index contributed by atoms with van der Waals surface area (Å²) in [7, 11) is 0. The minimum absolute atomic E-state index is 0.276. The second-order valence-corrected chi connectivity index (χ2v) is 9.99. The molecule has 0 amide bonds. The van der Waals surface area contributed by atoms with Crippen LogP contribution in [0.1, 0.15) is 62.4 Å². The number of hydrogen-bond acceptors (Lipinski definition) is 7. The van der Waals surface area contributed by atoms with Crippen LogP contribution in [0.5, 0.6) is 0 Å². The van der Waals surface area contributed by atoms with Crippen LogP contribution in [0.4, 0.5) is 16.8 Å². The average Bonchev–Trinajstić information content (AvgIpc) is 3.53. The fraction of sp³-hybridized carbons (Fsp3) is 0.300. The van der Waals surface area contributed by atoms with Crippen molar-refractivity contribution < 1.29 is 0 Å². The van der Waals surface area contributed by atoms with Crippen molar-refractivity contribution in [2.45, 2.75) is 46.6 Å². The van der Waals surface area contributed by atoms with Gasteiger partial charge in [0.25, 0.3) is 0 Å². The Morgan fingerprint density at radius 2 is 1.68 bits per heavy atom. The van der Waals surface area contributed by atoms with Crippen LogP contribution in [0.3, 0.4) is 0 Å². The van der Waals surface area contributed by atoms with Gasteiger partial charge in [0.05, 0.1) is 17.0 Å². The molecule has 1 unspecified atom stereocenters. The Bertz CT molecular complexity index is 1480. The lowest BCUT2D eigenvalue weighted by Crippen LogP contribution is -2.21. The first-order valence-corrected chi connectivity index (χ1v) is 13.7. The van der Waals surface area contributed by atoms with E-state index in [0.29, 0.717) is 24.1 Å². The predicted octanol–water partition coefficient (Wildman–Crippen LogP) is 8.18. The van der Waals surface area contributed by atoms with E-state index < -0.39 is 0 Å². The highest BCUT2D eigenvalue weighted by Gasteiger charge is 2.18. The van der Waals surface area contributed by atoms with E-state index in [0.717, 1.165) is 40.6 Å². The topological polar surface area (TPSA) is 93.4 Å². The largest absolute Gasteiger partial charge is 0.349 e. The van der Waals surface area contributed by atoms with Gasteiger partial charge in [-0.2, -0.15) is 15.5 Å². The van der Waals surface area contributed by atoms with Crippen molar-refractivity contribution in [2.75, 3.05) is 18.0 Å². The number of benzene rings is 2. The number of aromatic nitrogens is 2. The number of nitrogens with zero attached hydrogens (tertiary/aromatic N) is 7. The van der Waals surface area contributed by atoms with Gasteiger partial charge >= 0.3 is 0 Å². The summed E-state index contributed by atoms with van der Waals surface area (Å²) in [5.41, 5.74) is 3.88. The van der Waals surface area contributed by atoms with Gasteiger partial charge < -0.3 is 9.47 Å². The van der Waals surface area contributed by atoms with Gasteiger partial charge in [-0.3, -0.25) is 0 Å². The molecule has 192 valence electrons. The molecule has 2 aromatic heterocycles. The molecule has 4 aromatic rings. The Balaban J connectivity index is 1.74. The summed E-state index contributed by atoms with van der Waals surface area (Å²) in [4.78, 5) is 7.92. The number of anilines is 1. The molecule has 0 saturated heterocycles. The zero-order chi connectivity index (χ0) is 27.1. The number of thiazole rings is 1. The zero-order valence-electron chi connectivity index (χ0n) is 22.2. The molecule has 8 heteroatoms. The van der Waals surface area contributed by atoms with E-state index in [9.17, 15) is 10.5 Å². The van der Waals surface area contributed by atoms with Gasteiger partial charge in [0.1, 0.15) is 17.8 Å². The lowest BCUT2D eigenvalue weighted by atomic mass is 9.98. The second-order valence-electron chi connectivity index (χ2n) is 9.01. The molecule has 2 aromatic carbocycles. The van der Waals surface area contributed by atoms with Crippen molar-refractivity contribution in [3.8, 4) is 22.6 Å². The van der Waals surface area contributed by atoms with Crippen LogP contribution in [-0.4, -0.2) is 22.6 Å². The van der Waals surface area contributed by atoms with Gasteiger partial charge in [-0.1, -0.05) is 79.8 Å². The summed E-state index contributed by atoms with van der Waals surface area (Å²) < 4.78 is 1.75.